The molecule has 0 spiro atoms. The average molecular weight is 265 g/mol. The number of methoxy groups -OCH3 is 2. The highest BCUT2D eigenvalue weighted by Crippen LogP contribution is 2.33. The Labute approximate surface area is 114 Å². The highest BCUT2D eigenvalue weighted by molar-refractivity contribution is 5.42. The summed E-state index contributed by atoms with van der Waals surface area (Å²) in [4.78, 5) is 6.79. The minimum absolute atomic E-state index is 0.228. The summed E-state index contributed by atoms with van der Waals surface area (Å²) in [5, 5.41) is 0. The number of hydrogen-bond donors (Lipinski definition) is 1. The summed E-state index contributed by atoms with van der Waals surface area (Å²) in [6, 6.07) is 1.82. The molecular weight excluding hydrogens is 242 g/mol. The van der Waals surface area contributed by atoms with Gasteiger partial charge in [-0.05, 0) is 24.9 Å². The second-order valence-electron chi connectivity index (χ2n) is 5.47. The van der Waals surface area contributed by atoms with Gasteiger partial charge in [0.2, 0.25) is 0 Å². The largest absolute Gasteiger partial charge is 0.493 e. The molecule has 0 aliphatic carbocycles. The molecule has 106 valence electrons. The van der Waals surface area contributed by atoms with Crippen LogP contribution in [-0.4, -0.2) is 43.7 Å². The fraction of sp³-hybridized carbons (Fsp3) is 0.643. The van der Waals surface area contributed by atoms with Crippen molar-refractivity contribution in [2.75, 3.05) is 33.9 Å². The van der Waals surface area contributed by atoms with Gasteiger partial charge in [0, 0.05) is 25.4 Å². The Morgan fingerprint density at radius 3 is 2.79 bits per heavy atom. The summed E-state index contributed by atoms with van der Waals surface area (Å²) >= 11 is 0. The van der Waals surface area contributed by atoms with Gasteiger partial charge in [-0.15, -0.1) is 0 Å². The summed E-state index contributed by atoms with van der Waals surface area (Å²) in [5.41, 5.74) is 6.99. The second-order valence-corrected chi connectivity index (χ2v) is 5.47. The molecule has 0 amide bonds. The molecule has 0 radical (unpaired) electrons. The van der Waals surface area contributed by atoms with Crippen molar-refractivity contribution in [3.05, 3.63) is 18.0 Å². The van der Waals surface area contributed by atoms with Gasteiger partial charge in [-0.2, -0.15) is 0 Å². The summed E-state index contributed by atoms with van der Waals surface area (Å²) < 4.78 is 10.7. The van der Waals surface area contributed by atoms with E-state index in [4.69, 9.17) is 15.2 Å². The molecule has 5 nitrogen and oxygen atoms in total. The molecule has 0 aromatic carbocycles. The number of aromatic nitrogens is 1. The molecule has 5 heteroatoms. The van der Waals surface area contributed by atoms with Gasteiger partial charge in [-0.3, -0.25) is 9.88 Å². The lowest BCUT2D eigenvalue weighted by molar-refractivity contribution is 0.265. The third kappa shape index (κ3) is 2.98. The van der Waals surface area contributed by atoms with Gasteiger partial charge >= 0.3 is 0 Å². The van der Waals surface area contributed by atoms with Crippen LogP contribution in [0.1, 0.15) is 19.0 Å². The van der Waals surface area contributed by atoms with Crippen LogP contribution in [-0.2, 0) is 6.54 Å². The van der Waals surface area contributed by atoms with Gasteiger partial charge in [-0.1, -0.05) is 6.92 Å². The molecule has 1 aliphatic rings. The van der Waals surface area contributed by atoms with E-state index >= 15 is 0 Å². The Bertz CT molecular complexity index is 439. The summed E-state index contributed by atoms with van der Waals surface area (Å²) in [6.45, 7) is 5.80. The van der Waals surface area contributed by atoms with Crippen molar-refractivity contribution in [1.29, 1.82) is 0 Å². The maximum absolute atomic E-state index is 5.84. The van der Waals surface area contributed by atoms with E-state index in [-0.39, 0.29) is 5.41 Å². The van der Waals surface area contributed by atoms with Gasteiger partial charge in [-0.25, -0.2) is 0 Å². The number of nitrogens with two attached hydrogens (primary N) is 1. The van der Waals surface area contributed by atoms with Gasteiger partial charge in [0.1, 0.15) is 5.69 Å². The van der Waals surface area contributed by atoms with Crippen molar-refractivity contribution in [3.8, 4) is 11.5 Å². The Morgan fingerprint density at radius 1 is 1.42 bits per heavy atom. The maximum atomic E-state index is 5.84. The highest BCUT2D eigenvalue weighted by Gasteiger charge is 2.33. The zero-order valence-corrected chi connectivity index (χ0v) is 12.0. The van der Waals surface area contributed by atoms with Crippen LogP contribution in [0.5, 0.6) is 11.5 Å². The number of likely N-dealkylation sites (tertiary alicyclic amines) is 1. The van der Waals surface area contributed by atoms with Crippen molar-refractivity contribution in [3.63, 3.8) is 0 Å². The molecule has 1 aromatic rings. The van der Waals surface area contributed by atoms with Gasteiger partial charge in [0.05, 0.1) is 14.2 Å². The Hall–Kier alpha value is -1.33. The molecule has 0 bridgehead atoms. The topological polar surface area (TPSA) is 60.6 Å². The van der Waals surface area contributed by atoms with Crippen LogP contribution in [0.15, 0.2) is 12.3 Å². The summed E-state index contributed by atoms with van der Waals surface area (Å²) in [5.74, 6) is 1.46. The van der Waals surface area contributed by atoms with Crippen LogP contribution in [0, 0.1) is 5.41 Å². The molecule has 1 aliphatic heterocycles. The Morgan fingerprint density at radius 2 is 2.21 bits per heavy atom. The molecular formula is C14H23N3O2. The van der Waals surface area contributed by atoms with E-state index in [0.29, 0.717) is 0 Å². The minimum Gasteiger partial charge on any atom is -0.493 e. The highest BCUT2D eigenvalue weighted by atomic mass is 16.5. The number of rotatable bonds is 5. The van der Waals surface area contributed by atoms with Crippen molar-refractivity contribution in [2.24, 2.45) is 11.1 Å². The second kappa shape index (κ2) is 5.75. The van der Waals surface area contributed by atoms with Gasteiger partial charge < -0.3 is 15.2 Å². The van der Waals surface area contributed by atoms with Crippen LogP contribution in [0.2, 0.25) is 0 Å². The minimum atomic E-state index is 0.228. The zero-order chi connectivity index (χ0) is 13.9. The van der Waals surface area contributed by atoms with Crippen LogP contribution in [0.25, 0.3) is 0 Å². The average Bonchev–Trinajstić information content (AvgIpc) is 2.80. The van der Waals surface area contributed by atoms with E-state index < -0.39 is 0 Å². The van der Waals surface area contributed by atoms with Crippen molar-refractivity contribution in [1.82, 2.24) is 9.88 Å². The Kier molecular flexibility index (Phi) is 4.27. The SMILES string of the molecule is COc1ccnc(CN2CCC(C)(CN)C2)c1OC. The van der Waals surface area contributed by atoms with E-state index in [2.05, 4.69) is 16.8 Å². The van der Waals surface area contributed by atoms with Crippen LogP contribution in [0.3, 0.4) is 0 Å². The summed E-state index contributed by atoms with van der Waals surface area (Å²) in [6.07, 6.45) is 2.89. The molecule has 2 rings (SSSR count). The first-order valence-electron chi connectivity index (χ1n) is 6.60. The predicted octanol–water partition coefficient (Wildman–Crippen LogP) is 1.27. The van der Waals surface area contributed by atoms with Gasteiger partial charge in [0.15, 0.2) is 11.5 Å². The van der Waals surface area contributed by atoms with E-state index in [1.54, 1.807) is 20.4 Å². The molecule has 1 atom stereocenters. The lowest BCUT2D eigenvalue weighted by Gasteiger charge is -2.23. The number of nitrogens with zero attached hydrogens (tertiary/aromatic N) is 2. The molecule has 0 saturated carbocycles. The smallest absolute Gasteiger partial charge is 0.183 e. The molecule has 19 heavy (non-hydrogen) atoms. The van der Waals surface area contributed by atoms with Crippen LogP contribution >= 0.6 is 0 Å². The maximum Gasteiger partial charge on any atom is 0.183 e. The van der Waals surface area contributed by atoms with E-state index in [1.807, 2.05) is 6.07 Å². The fourth-order valence-corrected chi connectivity index (χ4v) is 2.60. The summed E-state index contributed by atoms with van der Waals surface area (Å²) in [7, 11) is 3.29. The third-order valence-electron chi connectivity index (χ3n) is 3.87. The quantitative estimate of drug-likeness (QED) is 0.868. The molecule has 1 fully saturated rings. The van der Waals surface area contributed by atoms with Crippen LogP contribution < -0.4 is 15.2 Å². The Balaban J connectivity index is 2.12. The van der Waals surface area contributed by atoms with Gasteiger partial charge in [0.25, 0.3) is 0 Å². The monoisotopic (exact) mass is 265 g/mol. The number of hydrogen-bond acceptors (Lipinski definition) is 5. The van der Waals surface area contributed by atoms with Crippen molar-refractivity contribution in [2.45, 2.75) is 19.9 Å². The van der Waals surface area contributed by atoms with Crippen LogP contribution in [0.4, 0.5) is 0 Å². The first kappa shape index (κ1) is 14.1. The first-order chi connectivity index (χ1) is 9.11. The lowest BCUT2D eigenvalue weighted by Crippen LogP contribution is -2.31. The normalized spacial score (nSPS) is 23.6. The predicted molar refractivity (Wildman–Crippen MR) is 74.4 cm³/mol. The fourth-order valence-electron chi connectivity index (χ4n) is 2.60. The molecule has 1 unspecified atom stereocenters. The lowest BCUT2D eigenvalue weighted by atomic mass is 9.90. The number of ether oxygens (including phenoxy) is 2. The standard InChI is InChI=1S/C14H23N3O2/c1-14(9-15)5-7-17(10-14)8-11-13(19-3)12(18-2)4-6-16-11/h4,6H,5,7-10,15H2,1-3H3. The van der Waals surface area contributed by atoms with E-state index in [1.165, 1.54) is 0 Å². The number of pyridine rings is 1. The molecule has 2 N–H and O–H groups in total. The molecule has 1 aromatic heterocycles. The molecule has 1 saturated heterocycles. The molecule has 2 heterocycles. The zero-order valence-electron chi connectivity index (χ0n) is 12.0. The van der Waals surface area contributed by atoms with Crippen molar-refractivity contribution >= 4 is 0 Å². The van der Waals surface area contributed by atoms with Crippen molar-refractivity contribution < 1.29 is 9.47 Å². The van der Waals surface area contributed by atoms with E-state index in [0.717, 1.165) is 49.8 Å². The third-order valence-corrected chi connectivity index (χ3v) is 3.87. The first-order valence-corrected chi connectivity index (χ1v) is 6.60. The van der Waals surface area contributed by atoms with E-state index in [9.17, 15) is 0 Å².